The van der Waals surface area contributed by atoms with E-state index < -0.39 is 11.6 Å². The summed E-state index contributed by atoms with van der Waals surface area (Å²) in [5.41, 5.74) is -0.226. The maximum absolute atomic E-state index is 12.4. The zero-order chi connectivity index (χ0) is 17.6. The molecule has 126 valence electrons. The number of rotatable bonds is 7. The van der Waals surface area contributed by atoms with Gasteiger partial charge in [-0.2, -0.15) is 5.26 Å². The van der Waals surface area contributed by atoms with Crippen LogP contribution >= 0.6 is 0 Å². The fourth-order valence-corrected chi connectivity index (χ4v) is 1.88. The summed E-state index contributed by atoms with van der Waals surface area (Å²) in [7, 11) is 3.13. The van der Waals surface area contributed by atoms with E-state index >= 15 is 0 Å². The summed E-state index contributed by atoms with van der Waals surface area (Å²) >= 11 is 0. The second kappa shape index (κ2) is 7.73. The summed E-state index contributed by atoms with van der Waals surface area (Å²) in [4.78, 5) is 12.4. The first-order chi connectivity index (χ1) is 10.8. The average molecular weight is 319 g/mol. The van der Waals surface area contributed by atoms with Gasteiger partial charge in [0.2, 0.25) is 5.91 Å². The molecule has 0 radical (unpaired) electrons. The van der Waals surface area contributed by atoms with Crippen molar-refractivity contribution < 1.29 is 14.3 Å². The van der Waals surface area contributed by atoms with Crippen LogP contribution in [0.3, 0.4) is 0 Å². The van der Waals surface area contributed by atoms with Crippen molar-refractivity contribution in [2.75, 3.05) is 19.5 Å². The molecule has 0 saturated heterocycles. The minimum atomic E-state index is -0.906. The van der Waals surface area contributed by atoms with E-state index in [1.54, 1.807) is 46.3 Å². The van der Waals surface area contributed by atoms with Crippen LogP contribution in [0, 0.1) is 17.2 Å². The molecule has 2 N–H and O–H groups in total. The van der Waals surface area contributed by atoms with E-state index in [1.807, 2.05) is 13.8 Å². The predicted molar refractivity (Wildman–Crippen MR) is 89.6 cm³/mol. The summed E-state index contributed by atoms with van der Waals surface area (Å²) in [5, 5.41) is 15.2. The Labute approximate surface area is 137 Å². The monoisotopic (exact) mass is 319 g/mol. The van der Waals surface area contributed by atoms with Gasteiger partial charge in [-0.15, -0.1) is 0 Å². The van der Waals surface area contributed by atoms with Gasteiger partial charge in [0, 0.05) is 6.07 Å². The highest BCUT2D eigenvalue weighted by molar-refractivity contribution is 5.85. The number of carbonyl (C=O) groups excluding carboxylic acids is 1. The largest absolute Gasteiger partial charge is 0.497 e. The van der Waals surface area contributed by atoms with Gasteiger partial charge >= 0.3 is 0 Å². The molecule has 0 aliphatic carbocycles. The summed E-state index contributed by atoms with van der Waals surface area (Å²) < 4.78 is 10.4. The lowest BCUT2D eigenvalue weighted by Gasteiger charge is -2.29. The van der Waals surface area contributed by atoms with Gasteiger partial charge < -0.3 is 20.1 Å². The molecule has 1 rings (SSSR count). The van der Waals surface area contributed by atoms with Crippen molar-refractivity contribution in [2.45, 2.75) is 39.3 Å². The van der Waals surface area contributed by atoms with Crippen molar-refractivity contribution >= 4 is 11.6 Å². The molecule has 2 atom stereocenters. The van der Waals surface area contributed by atoms with Crippen LogP contribution in [0.5, 0.6) is 11.5 Å². The van der Waals surface area contributed by atoms with Gasteiger partial charge in [0.25, 0.3) is 0 Å². The van der Waals surface area contributed by atoms with Gasteiger partial charge in [0.05, 0.1) is 26.0 Å². The first-order valence-electron chi connectivity index (χ1n) is 7.49. The molecule has 0 bridgehead atoms. The normalized spacial score (nSPS) is 14.3. The second-order valence-corrected chi connectivity index (χ2v) is 5.89. The molecule has 23 heavy (non-hydrogen) atoms. The van der Waals surface area contributed by atoms with E-state index in [0.717, 1.165) is 0 Å². The molecule has 1 aromatic rings. The second-order valence-electron chi connectivity index (χ2n) is 5.89. The first kappa shape index (κ1) is 18.6. The SMILES string of the molecule is COc1ccc(N[C@@H](C)C(=O)N[C@](C)(C#N)C(C)C)c(OC)c1. The third-order valence-corrected chi connectivity index (χ3v) is 3.94. The number of benzene rings is 1. The van der Waals surface area contributed by atoms with E-state index in [4.69, 9.17) is 9.47 Å². The Hall–Kier alpha value is -2.42. The lowest BCUT2D eigenvalue weighted by Crippen LogP contribution is -2.52. The van der Waals surface area contributed by atoms with Crippen molar-refractivity contribution in [2.24, 2.45) is 5.92 Å². The van der Waals surface area contributed by atoms with Crippen molar-refractivity contribution in [1.82, 2.24) is 5.32 Å². The van der Waals surface area contributed by atoms with Crippen LogP contribution in [-0.2, 0) is 4.79 Å². The van der Waals surface area contributed by atoms with Gasteiger partial charge in [-0.05, 0) is 31.9 Å². The van der Waals surface area contributed by atoms with E-state index in [9.17, 15) is 10.1 Å². The van der Waals surface area contributed by atoms with Crippen molar-refractivity contribution in [1.29, 1.82) is 5.26 Å². The zero-order valence-corrected chi connectivity index (χ0v) is 14.6. The fraction of sp³-hybridized carbons (Fsp3) is 0.529. The molecular formula is C17H25N3O3. The van der Waals surface area contributed by atoms with Crippen LogP contribution in [0.1, 0.15) is 27.7 Å². The number of nitrogens with zero attached hydrogens (tertiary/aromatic N) is 1. The van der Waals surface area contributed by atoms with Crippen LogP contribution in [-0.4, -0.2) is 31.7 Å². The van der Waals surface area contributed by atoms with Crippen molar-refractivity contribution in [3.05, 3.63) is 18.2 Å². The Balaban J connectivity index is 2.86. The lowest BCUT2D eigenvalue weighted by atomic mass is 9.90. The minimum Gasteiger partial charge on any atom is -0.497 e. The Morgan fingerprint density at radius 2 is 1.91 bits per heavy atom. The molecule has 0 spiro atoms. The number of hydrogen-bond acceptors (Lipinski definition) is 5. The number of ether oxygens (including phenoxy) is 2. The highest BCUT2D eigenvalue weighted by Crippen LogP contribution is 2.29. The minimum absolute atomic E-state index is 0.000766. The summed E-state index contributed by atoms with van der Waals surface area (Å²) in [5.74, 6) is 0.997. The fourth-order valence-electron chi connectivity index (χ4n) is 1.88. The third-order valence-electron chi connectivity index (χ3n) is 3.94. The molecule has 1 amide bonds. The highest BCUT2D eigenvalue weighted by Gasteiger charge is 2.31. The summed E-state index contributed by atoms with van der Waals surface area (Å²) in [6.07, 6.45) is 0. The van der Waals surface area contributed by atoms with E-state index in [2.05, 4.69) is 16.7 Å². The van der Waals surface area contributed by atoms with E-state index in [-0.39, 0.29) is 11.8 Å². The number of amides is 1. The number of methoxy groups -OCH3 is 2. The molecular weight excluding hydrogens is 294 g/mol. The van der Waals surface area contributed by atoms with Crippen molar-refractivity contribution in [3.63, 3.8) is 0 Å². The van der Waals surface area contributed by atoms with Crippen LogP contribution in [0.15, 0.2) is 18.2 Å². The number of nitrogens with one attached hydrogen (secondary N) is 2. The molecule has 0 unspecified atom stereocenters. The number of nitriles is 1. The zero-order valence-electron chi connectivity index (χ0n) is 14.6. The molecule has 0 aromatic heterocycles. The van der Waals surface area contributed by atoms with Crippen molar-refractivity contribution in [3.8, 4) is 17.6 Å². The quantitative estimate of drug-likeness (QED) is 0.807. The third kappa shape index (κ3) is 4.52. The molecule has 1 aromatic carbocycles. The number of anilines is 1. The topological polar surface area (TPSA) is 83.4 Å². The highest BCUT2D eigenvalue weighted by atomic mass is 16.5. The number of carbonyl (C=O) groups is 1. The Morgan fingerprint density at radius 1 is 1.26 bits per heavy atom. The number of hydrogen-bond donors (Lipinski definition) is 2. The van der Waals surface area contributed by atoms with Crippen LogP contribution in [0.25, 0.3) is 0 Å². The molecule has 0 aliphatic rings. The predicted octanol–water partition coefficient (Wildman–Crippen LogP) is 2.56. The molecule has 0 aliphatic heterocycles. The Bertz CT molecular complexity index is 595. The van der Waals surface area contributed by atoms with Crippen LogP contribution in [0.2, 0.25) is 0 Å². The average Bonchev–Trinajstić information content (AvgIpc) is 2.54. The van der Waals surface area contributed by atoms with Gasteiger partial charge in [0.15, 0.2) is 0 Å². The van der Waals surface area contributed by atoms with Gasteiger partial charge in [-0.25, -0.2) is 0 Å². The molecule has 6 nitrogen and oxygen atoms in total. The van der Waals surface area contributed by atoms with E-state index in [1.165, 1.54) is 0 Å². The maximum atomic E-state index is 12.4. The molecule has 0 saturated carbocycles. The molecule has 6 heteroatoms. The Kier molecular flexibility index (Phi) is 6.26. The smallest absolute Gasteiger partial charge is 0.243 e. The van der Waals surface area contributed by atoms with Gasteiger partial charge in [-0.3, -0.25) is 4.79 Å². The van der Waals surface area contributed by atoms with Crippen LogP contribution < -0.4 is 20.1 Å². The molecule has 0 fully saturated rings. The maximum Gasteiger partial charge on any atom is 0.243 e. The standard InChI is InChI=1S/C17H25N3O3/c1-11(2)17(4,10-18)20-16(21)12(3)19-14-8-7-13(22-5)9-15(14)23-6/h7-9,11-12,19H,1-6H3,(H,20,21)/t12-,17+/m0/s1. The molecule has 0 heterocycles. The van der Waals surface area contributed by atoms with Gasteiger partial charge in [0.1, 0.15) is 23.1 Å². The lowest BCUT2D eigenvalue weighted by molar-refractivity contribution is -0.123. The summed E-state index contributed by atoms with van der Waals surface area (Å²) in [6.45, 7) is 7.25. The first-order valence-corrected chi connectivity index (χ1v) is 7.49. The van der Waals surface area contributed by atoms with Crippen LogP contribution in [0.4, 0.5) is 5.69 Å². The van der Waals surface area contributed by atoms with Gasteiger partial charge in [-0.1, -0.05) is 13.8 Å². The summed E-state index contributed by atoms with van der Waals surface area (Å²) in [6, 6.07) is 6.94. The Morgan fingerprint density at radius 3 is 2.39 bits per heavy atom. The van der Waals surface area contributed by atoms with E-state index in [0.29, 0.717) is 17.2 Å².